The van der Waals surface area contributed by atoms with Crippen LogP contribution in [0.3, 0.4) is 0 Å². The molecule has 3 aromatic rings. The highest BCUT2D eigenvalue weighted by molar-refractivity contribution is 6.42. The lowest BCUT2D eigenvalue weighted by Gasteiger charge is -2.33. The summed E-state index contributed by atoms with van der Waals surface area (Å²) in [4.78, 5) is 2.31. The third kappa shape index (κ3) is 7.10. The van der Waals surface area contributed by atoms with E-state index in [9.17, 15) is 10.4 Å². The summed E-state index contributed by atoms with van der Waals surface area (Å²) in [7, 11) is 0. The van der Waals surface area contributed by atoms with Gasteiger partial charge in [-0.05, 0) is 78.9 Å². The molecule has 4 nitrogen and oxygen atoms in total. The Balaban J connectivity index is 1.25. The number of allylic oxidation sites excluding steroid dienone is 1. The molecule has 0 spiro atoms. The molecule has 4 rings (SSSR count). The summed E-state index contributed by atoms with van der Waals surface area (Å²) in [6.45, 7) is 2.81. The van der Waals surface area contributed by atoms with E-state index in [0.717, 1.165) is 31.5 Å². The zero-order chi connectivity index (χ0) is 24.6. The van der Waals surface area contributed by atoms with E-state index in [0.29, 0.717) is 39.4 Å². The minimum Gasteiger partial charge on any atom is -0.491 e. The van der Waals surface area contributed by atoms with Gasteiger partial charge in [-0.3, -0.25) is 0 Å². The van der Waals surface area contributed by atoms with Crippen molar-refractivity contribution in [2.24, 2.45) is 0 Å². The molecule has 180 valence electrons. The maximum Gasteiger partial charge on any atom is 0.119 e. The lowest BCUT2D eigenvalue weighted by molar-refractivity contribution is 0.0594. The highest BCUT2D eigenvalue weighted by Crippen LogP contribution is 2.29. The van der Waals surface area contributed by atoms with Gasteiger partial charge in [-0.15, -0.1) is 0 Å². The normalized spacial score (nSPS) is 16.0. The van der Waals surface area contributed by atoms with Crippen LogP contribution in [0.1, 0.15) is 35.4 Å². The van der Waals surface area contributed by atoms with Gasteiger partial charge in [0.15, 0.2) is 0 Å². The van der Waals surface area contributed by atoms with Crippen molar-refractivity contribution < 1.29 is 9.84 Å². The first-order valence-electron chi connectivity index (χ1n) is 11.8. The van der Waals surface area contributed by atoms with Gasteiger partial charge in [-0.2, -0.15) is 5.26 Å². The molecule has 0 bridgehead atoms. The predicted octanol–water partition coefficient (Wildman–Crippen LogP) is 6.68. The fraction of sp³-hybridized carbons (Fsp3) is 0.276. The maximum absolute atomic E-state index is 10.5. The molecule has 0 radical (unpaired) electrons. The van der Waals surface area contributed by atoms with E-state index in [4.69, 9.17) is 27.9 Å². The second-order valence-corrected chi connectivity index (χ2v) is 9.63. The molecule has 1 aliphatic heterocycles. The van der Waals surface area contributed by atoms with Crippen LogP contribution in [0.25, 0.3) is 11.6 Å². The SMILES string of the molecule is N#C/C(=C\c1ccc(OCC(O)CN2CCC(c3ccccc3)CC2)cc1)c1ccc(Cl)c(Cl)c1. The van der Waals surface area contributed by atoms with E-state index in [2.05, 4.69) is 41.3 Å². The second kappa shape index (κ2) is 12.2. The zero-order valence-corrected chi connectivity index (χ0v) is 20.9. The first kappa shape index (κ1) is 25.3. The number of ether oxygens (including phenoxy) is 1. The van der Waals surface area contributed by atoms with E-state index in [1.54, 1.807) is 24.3 Å². The van der Waals surface area contributed by atoms with Crippen molar-refractivity contribution in [2.45, 2.75) is 24.9 Å². The molecule has 1 N–H and O–H groups in total. The molecule has 6 heteroatoms. The Morgan fingerprint density at radius 3 is 2.40 bits per heavy atom. The molecule has 1 saturated heterocycles. The van der Waals surface area contributed by atoms with Gasteiger partial charge in [-0.25, -0.2) is 0 Å². The van der Waals surface area contributed by atoms with Gasteiger partial charge in [0.1, 0.15) is 18.5 Å². The Morgan fingerprint density at radius 2 is 1.74 bits per heavy atom. The monoisotopic (exact) mass is 506 g/mol. The number of nitriles is 1. The summed E-state index contributed by atoms with van der Waals surface area (Å²) in [5.74, 6) is 1.28. The van der Waals surface area contributed by atoms with Crippen molar-refractivity contribution in [1.82, 2.24) is 4.90 Å². The number of nitrogens with zero attached hydrogens (tertiary/aromatic N) is 2. The van der Waals surface area contributed by atoms with E-state index in [-0.39, 0.29) is 6.61 Å². The van der Waals surface area contributed by atoms with Crippen molar-refractivity contribution in [1.29, 1.82) is 5.26 Å². The number of piperidine rings is 1. The molecule has 3 aromatic carbocycles. The molecule has 0 aliphatic carbocycles. The summed E-state index contributed by atoms with van der Waals surface area (Å²) < 4.78 is 5.81. The van der Waals surface area contributed by atoms with Gasteiger partial charge in [0.2, 0.25) is 0 Å². The second-order valence-electron chi connectivity index (χ2n) is 8.82. The van der Waals surface area contributed by atoms with Gasteiger partial charge < -0.3 is 14.7 Å². The number of aliphatic hydroxyl groups excluding tert-OH is 1. The standard InChI is InChI=1S/C29H28Cl2N2O2/c30-28-11-8-24(17-29(28)31)25(18-32)16-21-6-9-27(10-7-21)35-20-26(34)19-33-14-12-23(13-15-33)22-4-2-1-3-5-22/h1-11,16-17,23,26,34H,12-15,19-20H2/b25-16+. The van der Waals surface area contributed by atoms with Crippen LogP contribution in [0.15, 0.2) is 72.8 Å². The molecular weight excluding hydrogens is 479 g/mol. The molecule has 1 unspecified atom stereocenters. The van der Waals surface area contributed by atoms with E-state index >= 15 is 0 Å². The number of benzene rings is 3. The van der Waals surface area contributed by atoms with Crippen molar-refractivity contribution in [3.8, 4) is 11.8 Å². The fourth-order valence-electron chi connectivity index (χ4n) is 4.39. The van der Waals surface area contributed by atoms with Crippen LogP contribution in [0, 0.1) is 11.3 Å². The van der Waals surface area contributed by atoms with Crippen LogP contribution in [0.5, 0.6) is 5.75 Å². The Kier molecular flexibility index (Phi) is 8.84. The molecular formula is C29H28Cl2N2O2. The van der Waals surface area contributed by atoms with Gasteiger partial charge in [-0.1, -0.05) is 71.7 Å². The lowest BCUT2D eigenvalue weighted by Crippen LogP contribution is -2.40. The van der Waals surface area contributed by atoms with Gasteiger partial charge >= 0.3 is 0 Å². The first-order chi connectivity index (χ1) is 17.0. The Hall–Kier alpha value is -2.81. The number of aliphatic hydroxyl groups is 1. The van der Waals surface area contributed by atoms with E-state index < -0.39 is 6.10 Å². The Morgan fingerprint density at radius 1 is 1.03 bits per heavy atom. The van der Waals surface area contributed by atoms with Crippen molar-refractivity contribution in [3.63, 3.8) is 0 Å². The van der Waals surface area contributed by atoms with Gasteiger partial charge in [0.25, 0.3) is 0 Å². The van der Waals surface area contributed by atoms with Gasteiger partial charge in [0, 0.05) is 6.54 Å². The van der Waals surface area contributed by atoms with E-state index in [1.807, 2.05) is 24.3 Å². The van der Waals surface area contributed by atoms with Crippen molar-refractivity contribution >= 4 is 34.9 Å². The highest BCUT2D eigenvalue weighted by Gasteiger charge is 2.22. The third-order valence-electron chi connectivity index (χ3n) is 6.31. The van der Waals surface area contributed by atoms with Crippen LogP contribution in [-0.2, 0) is 0 Å². The fourth-order valence-corrected chi connectivity index (χ4v) is 4.69. The largest absolute Gasteiger partial charge is 0.491 e. The summed E-state index contributed by atoms with van der Waals surface area (Å²) in [5.41, 5.74) is 3.47. The number of hydrogen-bond acceptors (Lipinski definition) is 4. The van der Waals surface area contributed by atoms with Crippen LogP contribution in [0.4, 0.5) is 0 Å². The molecule has 1 heterocycles. The quantitative estimate of drug-likeness (QED) is 0.273. The van der Waals surface area contributed by atoms with Crippen molar-refractivity contribution in [3.05, 3.63) is 99.5 Å². The molecule has 0 saturated carbocycles. The molecule has 1 aliphatic rings. The molecule has 0 amide bonds. The molecule has 1 atom stereocenters. The third-order valence-corrected chi connectivity index (χ3v) is 7.05. The minimum atomic E-state index is -0.553. The first-order valence-corrected chi connectivity index (χ1v) is 12.5. The average Bonchev–Trinajstić information content (AvgIpc) is 2.89. The topological polar surface area (TPSA) is 56.5 Å². The predicted molar refractivity (Wildman–Crippen MR) is 143 cm³/mol. The maximum atomic E-state index is 10.5. The summed E-state index contributed by atoms with van der Waals surface area (Å²) in [5, 5.41) is 20.9. The minimum absolute atomic E-state index is 0.237. The van der Waals surface area contributed by atoms with Gasteiger partial charge in [0.05, 0.1) is 21.7 Å². The lowest BCUT2D eigenvalue weighted by atomic mass is 9.89. The number of rotatable bonds is 8. The van der Waals surface area contributed by atoms with Crippen molar-refractivity contribution in [2.75, 3.05) is 26.2 Å². The summed E-state index contributed by atoms with van der Waals surface area (Å²) in [6, 6.07) is 25.5. The number of likely N-dealkylation sites (tertiary alicyclic amines) is 1. The Bertz CT molecular complexity index is 1180. The molecule has 1 fully saturated rings. The van der Waals surface area contributed by atoms with E-state index in [1.165, 1.54) is 5.56 Å². The van der Waals surface area contributed by atoms with Crippen LogP contribution in [0.2, 0.25) is 10.0 Å². The number of hydrogen-bond donors (Lipinski definition) is 1. The summed E-state index contributed by atoms with van der Waals surface area (Å²) in [6.07, 6.45) is 3.46. The van der Waals surface area contributed by atoms with Crippen LogP contribution < -0.4 is 4.74 Å². The number of β-amino-alcohol motifs (C(OH)–C–C–N with tert-alkyl or cyclic N) is 1. The Labute approximate surface area is 217 Å². The molecule has 0 aromatic heterocycles. The van der Waals surface area contributed by atoms with Crippen LogP contribution in [-0.4, -0.2) is 42.4 Å². The average molecular weight is 507 g/mol. The highest BCUT2D eigenvalue weighted by atomic mass is 35.5. The smallest absolute Gasteiger partial charge is 0.119 e. The number of halogens is 2. The summed E-state index contributed by atoms with van der Waals surface area (Å²) >= 11 is 12.1. The molecule has 35 heavy (non-hydrogen) atoms. The van der Waals surface area contributed by atoms with Crippen LogP contribution >= 0.6 is 23.2 Å². The zero-order valence-electron chi connectivity index (χ0n) is 19.4.